The van der Waals surface area contributed by atoms with Gasteiger partial charge in [-0.2, -0.15) is 0 Å². The van der Waals surface area contributed by atoms with E-state index in [1.165, 1.54) is 11.3 Å². The fourth-order valence-corrected chi connectivity index (χ4v) is 2.74. The molecule has 3 N–H and O–H groups in total. The molecule has 0 radical (unpaired) electrons. The first kappa shape index (κ1) is 15.3. The highest BCUT2D eigenvalue weighted by molar-refractivity contribution is 7.14. The number of carbonyl (C=O) groups is 1. The Kier molecular flexibility index (Phi) is 5.15. The van der Waals surface area contributed by atoms with Crippen LogP contribution in [0.25, 0.3) is 0 Å². The minimum Gasteiger partial charge on any atom is -0.321 e. The van der Waals surface area contributed by atoms with E-state index in [2.05, 4.69) is 31.0 Å². The molecule has 1 aromatic carbocycles. The first-order valence-corrected chi connectivity index (χ1v) is 7.62. The predicted molar refractivity (Wildman–Crippen MR) is 88.7 cm³/mol. The molecule has 1 aromatic heterocycles. The molecule has 0 atom stereocenters. The van der Waals surface area contributed by atoms with Gasteiger partial charge >= 0.3 is 0 Å². The van der Waals surface area contributed by atoms with Crippen molar-refractivity contribution >= 4 is 22.9 Å². The lowest BCUT2D eigenvalue weighted by molar-refractivity contribution is 0.103. The van der Waals surface area contributed by atoms with Gasteiger partial charge in [-0.25, -0.2) is 0 Å². The van der Waals surface area contributed by atoms with Crippen molar-refractivity contribution in [3.8, 4) is 11.8 Å². The molecule has 0 fully saturated rings. The minimum absolute atomic E-state index is 0.103. The van der Waals surface area contributed by atoms with Crippen LogP contribution < -0.4 is 11.1 Å². The first-order chi connectivity index (χ1) is 10.1. The lowest BCUT2D eigenvalue weighted by Gasteiger charge is -2.12. The maximum Gasteiger partial charge on any atom is 0.265 e. The molecule has 3 nitrogen and oxygen atoms in total. The summed E-state index contributed by atoms with van der Waals surface area (Å²) in [5.41, 5.74) is 7.33. The van der Waals surface area contributed by atoms with E-state index in [-0.39, 0.29) is 5.91 Å². The van der Waals surface area contributed by atoms with Crippen LogP contribution in [0.1, 0.15) is 39.9 Å². The van der Waals surface area contributed by atoms with Crippen molar-refractivity contribution < 1.29 is 4.79 Å². The van der Waals surface area contributed by atoms with E-state index in [4.69, 9.17) is 5.73 Å². The highest BCUT2D eigenvalue weighted by atomic mass is 32.1. The number of hydrogen-bond donors (Lipinski definition) is 2. The molecule has 0 spiro atoms. The normalized spacial score (nSPS) is 10.1. The summed E-state index contributed by atoms with van der Waals surface area (Å²) in [5.74, 6) is 5.98. The van der Waals surface area contributed by atoms with E-state index in [9.17, 15) is 4.79 Å². The predicted octanol–water partition coefficient (Wildman–Crippen LogP) is 3.43. The second kappa shape index (κ2) is 7.07. The summed E-state index contributed by atoms with van der Waals surface area (Å²) in [7, 11) is 0. The molecule has 2 aromatic rings. The molecular weight excluding hydrogens is 280 g/mol. The molecule has 0 saturated heterocycles. The number of nitrogens with one attached hydrogen (secondary N) is 1. The second-order valence-electron chi connectivity index (χ2n) is 4.87. The van der Waals surface area contributed by atoms with Crippen LogP contribution in [-0.2, 0) is 0 Å². The fourth-order valence-electron chi connectivity index (χ4n) is 1.96. The Morgan fingerprint density at radius 2 is 2.05 bits per heavy atom. The van der Waals surface area contributed by atoms with Gasteiger partial charge in [0.1, 0.15) is 0 Å². The van der Waals surface area contributed by atoms with Crippen molar-refractivity contribution in [2.24, 2.45) is 5.73 Å². The van der Waals surface area contributed by atoms with Gasteiger partial charge in [-0.3, -0.25) is 4.79 Å². The van der Waals surface area contributed by atoms with Gasteiger partial charge in [-0.15, -0.1) is 11.3 Å². The summed E-state index contributed by atoms with van der Waals surface area (Å²) in [6.45, 7) is 4.54. The van der Waals surface area contributed by atoms with Gasteiger partial charge in [0.2, 0.25) is 0 Å². The molecule has 0 aliphatic carbocycles. The van der Waals surface area contributed by atoms with E-state index in [1.54, 1.807) is 6.07 Å². The smallest absolute Gasteiger partial charge is 0.265 e. The molecule has 0 bridgehead atoms. The SMILES string of the molecule is CC(C)c1ccccc1NC(=O)c1ccc(C#CCN)s1. The van der Waals surface area contributed by atoms with Crippen LogP contribution in [0.15, 0.2) is 36.4 Å². The van der Waals surface area contributed by atoms with Gasteiger partial charge < -0.3 is 11.1 Å². The highest BCUT2D eigenvalue weighted by Crippen LogP contribution is 2.25. The van der Waals surface area contributed by atoms with Gasteiger partial charge in [0.15, 0.2) is 0 Å². The van der Waals surface area contributed by atoms with Crippen molar-refractivity contribution in [2.45, 2.75) is 19.8 Å². The monoisotopic (exact) mass is 298 g/mol. The zero-order valence-electron chi connectivity index (χ0n) is 12.1. The van der Waals surface area contributed by atoms with Crippen LogP contribution >= 0.6 is 11.3 Å². The van der Waals surface area contributed by atoms with Crippen molar-refractivity contribution in [1.29, 1.82) is 0 Å². The maximum absolute atomic E-state index is 12.3. The van der Waals surface area contributed by atoms with Crippen molar-refractivity contribution in [1.82, 2.24) is 0 Å². The number of rotatable bonds is 3. The second-order valence-corrected chi connectivity index (χ2v) is 5.95. The van der Waals surface area contributed by atoms with Crippen LogP contribution in [-0.4, -0.2) is 12.5 Å². The third-order valence-electron chi connectivity index (χ3n) is 2.97. The van der Waals surface area contributed by atoms with E-state index >= 15 is 0 Å². The van der Waals surface area contributed by atoms with Gasteiger partial charge in [-0.1, -0.05) is 43.9 Å². The third kappa shape index (κ3) is 3.94. The fraction of sp³-hybridized carbons (Fsp3) is 0.235. The van der Waals surface area contributed by atoms with Gasteiger partial charge in [0.05, 0.1) is 16.3 Å². The van der Waals surface area contributed by atoms with Crippen molar-refractivity contribution in [3.63, 3.8) is 0 Å². The Balaban J connectivity index is 2.17. The molecule has 0 saturated carbocycles. The summed E-state index contributed by atoms with van der Waals surface area (Å²) in [6, 6.07) is 11.5. The van der Waals surface area contributed by atoms with Crippen LogP contribution in [0, 0.1) is 11.8 Å². The zero-order chi connectivity index (χ0) is 15.2. The van der Waals surface area contributed by atoms with Crippen LogP contribution in [0.5, 0.6) is 0 Å². The molecule has 108 valence electrons. The van der Waals surface area contributed by atoms with Crippen molar-refractivity contribution in [3.05, 3.63) is 51.7 Å². The number of para-hydroxylation sites is 1. The van der Waals surface area contributed by atoms with Gasteiger partial charge in [0.25, 0.3) is 5.91 Å². The Labute approximate surface area is 129 Å². The Hall–Kier alpha value is -2.09. The first-order valence-electron chi connectivity index (χ1n) is 6.81. The molecule has 2 rings (SSSR count). The number of nitrogens with two attached hydrogens (primary N) is 1. The largest absolute Gasteiger partial charge is 0.321 e. The molecule has 21 heavy (non-hydrogen) atoms. The Morgan fingerprint density at radius 3 is 2.76 bits per heavy atom. The quantitative estimate of drug-likeness (QED) is 0.853. The van der Waals surface area contributed by atoms with Crippen LogP contribution in [0.3, 0.4) is 0 Å². The number of thiophene rings is 1. The lowest BCUT2D eigenvalue weighted by atomic mass is 10.0. The molecule has 1 amide bonds. The van der Waals surface area contributed by atoms with Crippen LogP contribution in [0.2, 0.25) is 0 Å². The summed E-state index contributed by atoms with van der Waals surface area (Å²) in [4.78, 5) is 13.8. The maximum atomic E-state index is 12.3. The average molecular weight is 298 g/mol. The lowest BCUT2D eigenvalue weighted by Crippen LogP contribution is -2.12. The summed E-state index contributed by atoms with van der Waals surface area (Å²) < 4.78 is 0. The Bertz CT molecular complexity index is 692. The van der Waals surface area contributed by atoms with E-state index < -0.39 is 0 Å². The van der Waals surface area contributed by atoms with Crippen molar-refractivity contribution in [2.75, 3.05) is 11.9 Å². The number of amides is 1. The number of anilines is 1. The highest BCUT2D eigenvalue weighted by Gasteiger charge is 2.12. The molecule has 0 aliphatic rings. The molecule has 0 aliphatic heterocycles. The molecule has 0 unspecified atom stereocenters. The number of carbonyl (C=O) groups excluding carboxylic acids is 1. The van der Waals surface area contributed by atoms with Crippen LogP contribution in [0.4, 0.5) is 5.69 Å². The van der Waals surface area contributed by atoms with Gasteiger partial charge in [-0.05, 0) is 29.7 Å². The average Bonchev–Trinajstić information content (AvgIpc) is 2.94. The van der Waals surface area contributed by atoms with Gasteiger partial charge in [0, 0.05) is 5.69 Å². The summed E-state index contributed by atoms with van der Waals surface area (Å²) in [5, 5.41) is 2.98. The van der Waals surface area contributed by atoms with E-state index in [0.717, 1.165) is 16.1 Å². The van der Waals surface area contributed by atoms with E-state index in [1.807, 2.05) is 30.3 Å². The standard InChI is InChI=1S/C17H18N2OS/c1-12(2)14-7-3-4-8-15(14)19-17(20)16-10-9-13(21-16)6-5-11-18/h3-4,7-10,12H,11,18H2,1-2H3,(H,19,20). The minimum atomic E-state index is -0.103. The summed E-state index contributed by atoms with van der Waals surface area (Å²) >= 11 is 1.37. The number of hydrogen-bond acceptors (Lipinski definition) is 3. The zero-order valence-corrected chi connectivity index (χ0v) is 13.0. The topological polar surface area (TPSA) is 55.1 Å². The molecule has 4 heteroatoms. The summed E-state index contributed by atoms with van der Waals surface area (Å²) in [6.07, 6.45) is 0. The molecular formula is C17H18N2OS. The van der Waals surface area contributed by atoms with E-state index in [0.29, 0.717) is 17.3 Å². The molecule has 1 heterocycles. The Morgan fingerprint density at radius 1 is 1.29 bits per heavy atom. The number of benzene rings is 1. The third-order valence-corrected chi connectivity index (χ3v) is 3.97.